The average molecular weight is 156 g/mol. The maximum Gasteiger partial charge on any atom is 0.271 e. The largest absolute Gasteiger partial charge is 0.410 e. The molecule has 1 fully saturated rings. The smallest absolute Gasteiger partial charge is 0.271 e. The fraction of sp³-hybridized carbons (Fsp3) is 0.714. The van der Waals surface area contributed by atoms with Crippen LogP contribution in [0.2, 0.25) is 0 Å². The number of carbonyl (C=O) groups excluding carboxylic acids is 1. The van der Waals surface area contributed by atoms with Crippen molar-refractivity contribution in [3.63, 3.8) is 0 Å². The number of oxime groups is 1. The zero-order valence-corrected chi connectivity index (χ0v) is 6.58. The van der Waals surface area contributed by atoms with E-state index in [2.05, 4.69) is 5.16 Å². The second-order valence-electron chi connectivity index (χ2n) is 2.68. The summed E-state index contributed by atoms with van der Waals surface area (Å²) in [5.74, 6) is -0.148. The number of likely N-dealkylation sites (tertiary alicyclic amines) is 1. The zero-order valence-electron chi connectivity index (χ0n) is 6.58. The van der Waals surface area contributed by atoms with Crippen LogP contribution >= 0.6 is 0 Å². The Morgan fingerprint density at radius 2 is 2.00 bits per heavy atom. The quantitative estimate of drug-likeness (QED) is 0.340. The van der Waals surface area contributed by atoms with Crippen molar-refractivity contribution in [2.75, 3.05) is 13.1 Å². The number of carbonyl (C=O) groups is 1. The Morgan fingerprint density at radius 1 is 1.45 bits per heavy atom. The molecule has 0 aromatic heterocycles. The number of amides is 1. The Balaban J connectivity index is 2.53. The van der Waals surface area contributed by atoms with Gasteiger partial charge in [-0.15, -0.1) is 0 Å². The molecule has 0 saturated carbocycles. The molecule has 0 atom stereocenters. The topological polar surface area (TPSA) is 52.9 Å². The first-order valence-corrected chi connectivity index (χ1v) is 3.73. The van der Waals surface area contributed by atoms with Crippen LogP contribution in [0.3, 0.4) is 0 Å². The third-order valence-corrected chi connectivity index (χ3v) is 1.85. The number of hydrogen-bond donors (Lipinski definition) is 1. The minimum absolute atomic E-state index is 0.148. The van der Waals surface area contributed by atoms with Crippen molar-refractivity contribution in [2.45, 2.75) is 19.8 Å². The molecule has 0 aliphatic carbocycles. The predicted octanol–water partition coefficient (Wildman–Crippen LogP) is 0.459. The van der Waals surface area contributed by atoms with Crippen LogP contribution in [0.4, 0.5) is 0 Å². The van der Waals surface area contributed by atoms with Crippen molar-refractivity contribution in [3.05, 3.63) is 0 Å². The predicted molar refractivity (Wildman–Crippen MR) is 40.7 cm³/mol. The van der Waals surface area contributed by atoms with E-state index in [0.717, 1.165) is 25.9 Å². The molecule has 0 bridgehead atoms. The highest BCUT2D eigenvalue weighted by atomic mass is 16.4. The molecule has 1 heterocycles. The van der Waals surface area contributed by atoms with Gasteiger partial charge in [-0.05, 0) is 19.8 Å². The summed E-state index contributed by atoms with van der Waals surface area (Å²) in [4.78, 5) is 12.9. The number of hydrogen-bond acceptors (Lipinski definition) is 3. The van der Waals surface area contributed by atoms with Gasteiger partial charge in [0.2, 0.25) is 0 Å². The monoisotopic (exact) mass is 156 g/mol. The lowest BCUT2D eigenvalue weighted by atomic mass is 10.4. The van der Waals surface area contributed by atoms with E-state index in [1.807, 2.05) is 0 Å². The van der Waals surface area contributed by atoms with Crippen LogP contribution in [0.1, 0.15) is 19.8 Å². The molecule has 1 amide bonds. The standard InChI is InChI=1S/C7H12N2O2/c1-6(8-11)7(10)9-4-2-3-5-9/h11H,2-5H2,1H3/b8-6+. The highest BCUT2D eigenvalue weighted by molar-refractivity contribution is 6.37. The Bertz CT molecular complexity index is 183. The van der Waals surface area contributed by atoms with Crippen LogP contribution in [0.5, 0.6) is 0 Å². The van der Waals surface area contributed by atoms with Crippen molar-refractivity contribution in [1.82, 2.24) is 4.90 Å². The molecule has 1 saturated heterocycles. The molecule has 0 aromatic carbocycles. The van der Waals surface area contributed by atoms with Gasteiger partial charge in [-0.25, -0.2) is 0 Å². The van der Waals surface area contributed by atoms with E-state index in [1.54, 1.807) is 4.90 Å². The van der Waals surface area contributed by atoms with E-state index >= 15 is 0 Å². The van der Waals surface area contributed by atoms with E-state index in [9.17, 15) is 4.79 Å². The Kier molecular flexibility index (Phi) is 2.46. The maximum atomic E-state index is 11.2. The van der Waals surface area contributed by atoms with Gasteiger partial charge in [0.25, 0.3) is 5.91 Å². The average Bonchev–Trinajstić information content (AvgIpc) is 2.53. The van der Waals surface area contributed by atoms with Gasteiger partial charge in [0.05, 0.1) is 0 Å². The molecule has 1 aliphatic rings. The van der Waals surface area contributed by atoms with Gasteiger partial charge < -0.3 is 10.1 Å². The highest BCUT2D eigenvalue weighted by Crippen LogP contribution is 2.07. The van der Waals surface area contributed by atoms with Gasteiger partial charge in [0.15, 0.2) is 0 Å². The van der Waals surface area contributed by atoms with Gasteiger partial charge in [-0.3, -0.25) is 4.79 Å². The van der Waals surface area contributed by atoms with Crippen molar-refractivity contribution in [1.29, 1.82) is 0 Å². The molecule has 1 rings (SSSR count). The van der Waals surface area contributed by atoms with Crippen LogP contribution in [-0.4, -0.2) is 34.8 Å². The van der Waals surface area contributed by atoms with Crippen LogP contribution in [0.25, 0.3) is 0 Å². The van der Waals surface area contributed by atoms with E-state index in [0.29, 0.717) is 0 Å². The van der Waals surface area contributed by atoms with Gasteiger partial charge in [0, 0.05) is 13.1 Å². The lowest BCUT2D eigenvalue weighted by Gasteiger charge is -2.13. The molecule has 0 aromatic rings. The van der Waals surface area contributed by atoms with Crippen LogP contribution in [0.15, 0.2) is 5.16 Å². The summed E-state index contributed by atoms with van der Waals surface area (Å²) in [6, 6.07) is 0. The van der Waals surface area contributed by atoms with Crippen LogP contribution < -0.4 is 0 Å². The molecule has 4 nitrogen and oxygen atoms in total. The minimum atomic E-state index is -0.148. The summed E-state index contributed by atoms with van der Waals surface area (Å²) >= 11 is 0. The summed E-state index contributed by atoms with van der Waals surface area (Å²) < 4.78 is 0. The zero-order chi connectivity index (χ0) is 8.27. The summed E-state index contributed by atoms with van der Waals surface area (Å²) in [5, 5.41) is 11.2. The number of nitrogens with zero attached hydrogens (tertiary/aromatic N) is 2. The fourth-order valence-corrected chi connectivity index (χ4v) is 1.19. The van der Waals surface area contributed by atoms with Crippen molar-refractivity contribution in [2.24, 2.45) is 5.16 Å². The molecule has 1 aliphatic heterocycles. The molecule has 11 heavy (non-hydrogen) atoms. The third-order valence-electron chi connectivity index (χ3n) is 1.85. The molecular weight excluding hydrogens is 144 g/mol. The third kappa shape index (κ3) is 1.69. The fourth-order valence-electron chi connectivity index (χ4n) is 1.19. The van der Waals surface area contributed by atoms with Crippen molar-refractivity contribution >= 4 is 11.6 Å². The van der Waals surface area contributed by atoms with Crippen molar-refractivity contribution < 1.29 is 10.0 Å². The van der Waals surface area contributed by atoms with E-state index in [4.69, 9.17) is 5.21 Å². The van der Waals surface area contributed by atoms with Crippen LogP contribution in [-0.2, 0) is 4.79 Å². The summed E-state index contributed by atoms with van der Waals surface area (Å²) in [6.07, 6.45) is 2.12. The Hall–Kier alpha value is -1.06. The molecule has 1 N–H and O–H groups in total. The molecule has 0 radical (unpaired) electrons. The summed E-state index contributed by atoms with van der Waals surface area (Å²) in [7, 11) is 0. The van der Waals surface area contributed by atoms with E-state index in [-0.39, 0.29) is 11.6 Å². The highest BCUT2D eigenvalue weighted by Gasteiger charge is 2.19. The van der Waals surface area contributed by atoms with Gasteiger partial charge in [-0.2, -0.15) is 0 Å². The first kappa shape index (κ1) is 8.04. The lowest BCUT2D eigenvalue weighted by Crippen LogP contribution is -2.32. The molecule has 62 valence electrons. The normalized spacial score (nSPS) is 19.0. The summed E-state index contributed by atoms with van der Waals surface area (Å²) in [5.41, 5.74) is 0.173. The molecule has 4 heteroatoms. The Labute approximate surface area is 65.5 Å². The second kappa shape index (κ2) is 3.37. The lowest BCUT2D eigenvalue weighted by molar-refractivity contribution is -0.123. The number of rotatable bonds is 1. The molecular formula is C7H12N2O2. The molecule has 0 spiro atoms. The first-order valence-electron chi connectivity index (χ1n) is 3.73. The molecule has 0 unspecified atom stereocenters. The van der Waals surface area contributed by atoms with Crippen molar-refractivity contribution in [3.8, 4) is 0 Å². The first-order chi connectivity index (χ1) is 5.25. The Morgan fingerprint density at radius 3 is 2.45 bits per heavy atom. The van der Waals surface area contributed by atoms with E-state index < -0.39 is 0 Å². The SMILES string of the molecule is C/C(=N\O)C(=O)N1CCCC1. The maximum absolute atomic E-state index is 11.2. The van der Waals surface area contributed by atoms with Crippen LogP contribution in [0, 0.1) is 0 Å². The summed E-state index contributed by atoms with van der Waals surface area (Å²) in [6.45, 7) is 3.11. The minimum Gasteiger partial charge on any atom is -0.410 e. The van der Waals surface area contributed by atoms with E-state index in [1.165, 1.54) is 6.92 Å². The van der Waals surface area contributed by atoms with Gasteiger partial charge in [0.1, 0.15) is 5.71 Å². The second-order valence-corrected chi connectivity index (χ2v) is 2.68. The van der Waals surface area contributed by atoms with Gasteiger partial charge in [-0.1, -0.05) is 5.16 Å². The van der Waals surface area contributed by atoms with Gasteiger partial charge >= 0.3 is 0 Å².